The van der Waals surface area contributed by atoms with Gasteiger partial charge in [-0.15, -0.1) is 0 Å². The molecule has 0 aliphatic heterocycles. The molecule has 3 heteroatoms. The fourth-order valence-electron chi connectivity index (χ4n) is 2.15. The Morgan fingerprint density at radius 1 is 1.32 bits per heavy atom. The molecule has 0 unspecified atom stereocenters. The van der Waals surface area contributed by atoms with E-state index in [1.807, 2.05) is 6.92 Å². The van der Waals surface area contributed by atoms with E-state index in [2.05, 4.69) is 29.6 Å². The average molecular weight is 261 g/mol. The smallest absolute Gasteiger partial charge is 0.305 e. The summed E-state index contributed by atoms with van der Waals surface area (Å²) in [4.78, 5) is 11.1. The van der Waals surface area contributed by atoms with Crippen LogP contribution in [0.1, 0.15) is 49.7 Å². The van der Waals surface area contributed by atoms with Crippen molar-refractivity contribution < 1.29 is 9.53 Å². The molecule has 1 aromatic rings. The second kappa shape index (κ2) is 7.29. The molecule has 1 fully saturated rings. The maximum Gasteiger partial charge on any atom is 0.305 e. The number of hydrogen-bond acceptors (Lipinski definition) is 3. The van der Waals surface area contributed by atoms with Gasteiger partial charge in [0.2, 0.25) is 0 Å². The maximum atomic E-state index is 11.1. The standard InChI is InChI=1S/C16H23NO2/c1-2-19-16(18)4-3-11-17-12-13-5-7-14(8-6-13)15-9-10-15/h5-8,15,17H,2-4,9-12H2,1H3. The van der Waals surface area contributed by atoms with Crippen LogP contribution in [-0.4, -0.2) is 19.1 Å². The van der Waals surface area contributed by atoms with Crippen molar-refractivity contribution in [2.24, 2.45) is 0 Å². The van der Waals surface area contributed by atoms with Crippen LogP contribution in [0.3, 0.4) is 0 Å². The number of hydrogen-bond donors (Lipinski definition) is 1. The zero-order chi connectivity index (χ0) is 13.5. The Morgan fingerprint density at radius 3 is 2.68 bits per heavy atom. The van der Waals surface area contributed by atoms with Gasteiger partial charge < -0.3 is 10.1 Å². The predicted molar refractivity (Wildman–Crippen MR) is 76.0 cm³/mol. The van der Waals surface area contributed by atoms with Crippen molar-refractivity contribution in [3.05, 3.63) is 35.4 Å². The minimum atomic E-state index is -0.0990. The monoisotopic (exact) mass is 261 g/mol. The molecule has 0 radical (unpaired) electrons. The molecule has 1 aliphatic rings. The molecule has 0 aromatic heterocycles. The lowest BCUT2D eigenvalue weighted by Crippen LogP contribution is -2.16. The highest BCUT2D eigenvalue weighted by atomic mass is 16.5. The first-order valence-corrected chi connectivity index (χ1v) is 7.24. The van der Waals surface area contributed by atoms with Crippen LogP contribution < -0.4 is 5.32 Å². The number of carbonyl (C=O) groups is 1. The summed E-state index contributed by atoms with van der Waals surface area (Å²) in [6, 6.07) is 8.89. The lowest BCUT2D eigenvalue weighted by molar-refractivity contribution is -0.143. The van der Waals surface area contributed by atoms with Crippen LogP contribution in [0.15, 0.2) is 24.3 Å². The highest BCUT2D eigenvalue weighted by molar-refractivity contribution is 5.69. The molecule has 0 saturated heterocycles. The van der Waals surface area contributed by atoms with Crippen LogP contribution in [0.2, 0.25) is 0 Å². The summed E-state index contributed by atoms with van der Waals surface area (Å²) in [7, 11) is 0. The van der Waals surface area contributed by atoms with Crippen LogP contribution >= 0.6 is 0 Å². The first-order chi connectivity index (χ1) is 9.29. The van der Waals surface area contributed by atoms with E-state index in [4.69, 9.17) is 4.74 Å². The number of nitrogens with one attached hydrogen (secondary N) is 1. The summed E-state index contributed by atoms with van der Waals surface area (Å²) < 4.78 is 4.88. The molecule has 0 spiro atoms. The molecule has 3 nitrogen and oxygen atoms in total. The van der Waals surface area contributed by atoms with Gasteiger partial charge in [0.25, 0.3) is 0 Å². The first-order valence-electron chi connectivity index (χ1n) is 7.24. The molecular weight excluding hydrogens is 238 g/mol. The number of benzene rings is 1. The van der Waals surface area contributed by atoms with E-state index in [9.17, 15) is 4.79 Å². The van der Waals surface area contributed by atoms with Gasteiger partial charge in [0.05, 0.1) is 6.61 Å². The molecule has 0 atom stereocenters. The van der Waals surface area contributed by atoms with Crippen LogP contribution in [0.5, 0.6) is 0 Å². The lowest BCUT2D eigenvalue weighted by Gasteiger charge is -2.06. The predicted octanol–water partition coefficient (Wildman–Crippen LogP) is 3.00. The van der Waals surface area contributed by atoms with Crippen molar-refractivity contribution >= 4 is 5.97 Å². The fraction of sp³-hybridized carbons (Fsp3) is 0.562. The Labute approximate surface area is 115 Å². The van der Waals surface area contributed by atoms with Gasteiger partial charge >= 0.3 is 5.97 Å². The van der Waals surface area contributed by atoms with Crippen molar-refractivity contribution in [1.29, 1.82) is 0 Å². The lowest BCUT2D eigenvalue weighted by atomic mass is 10.1. The molecular formula is C16H23NO2. The van der Waals surface area contributed by atoms with Crippen molar-refractivity contribution in [3.8, 4) is 0 Å². The molecule has 1 saturated carbocycles. The van der Waals surface area contributed by atoms with Crippen molar-refractivity contribution in [3.63, 3.8) is 0 Å². The third-order valence-corrected chi connectivity index (χ3v) is 3.40. The summed E-state index contributed by atoms with van der Waals surface area (Å²) in [5, 5.41) is 3.36. The van der Waals surface area contributed by atoms with Crippen molar-refractivity contribution in [1.82, 2.24) is 5.32 Å². The second-order valence-electron chi connectivity index (χ2n) is 5.10. The average Bonchev–Trinajstić information content (AvgIpc) is 3.24. The van der Waals surface area contributed by atoms with Gasteiger partial charge in [0, 0.05) is 13.0 Å². The molecule has 2 rings (SSSR count). The largest absolute Gasteiger partial charge is 0.466 e. The number of ether oxygens (including phenoxy) is 1. The van der Waals surface area contributed by atoms with E-state index in [1.165, 1.54) is 24.0 Å². The SMILES string of the molecule is CCOC(=O)CCCNCc1ccc(C2CC2)cc1. The van der Waals surface area contributed by atoms with E-state index in [-0.39, 0.29) is 5.97 Å². The van der Waals surface area contributed by atoms with Gasteiger partial charge in [-0.25, -0.2) is 0 Å². The number of carbonyl (C=O) groups excluding carboxylic acids is 1. The molecule has 104 valence electrons. The Hall–Kier alpha value is -1.35. The summed E-state index contributed by atoms with van der Waals surface area (Å²) in [6.45, 7) is 4.03. The Bertz CT molecular complexity index is 396. The first kappa shape index (κ1) is 14.1. The summed E-state index contributed by atoms with van der Waals surface area (Å²) in [5.74, 6) is 0.727. The number of esters is 1. The zero-order valence-corrected chi connectivity index (χ0v) is 11.7. The summed E-state index contributed by atoms with van der Waals surface area (Å²) in [5.41, 5.74) is 2.78. The van der Waals surface area contributed by atoms with E-state index in [1.54, 1.807) is 0 Å². The van der Waals surface area contributed by atoms with Crippen LogP contribution in [0, 0.1) is 0 Å². The molecule has 1 N–H and O–H groups in total. The van der Waals surface area contributed by atoms with Gasteiger partial charge in [0.15, 0.2) is 0 Å². The highest BCUT2D eigenvalue weighted by Gasteiger charge is 2.22. The van der Waals surface area contributed by atoms with E-state index >= 15 is 0 Å². The highest BCUT2D eigenvalue weighted by Crippen LogP contribution is 2.39. The normalized spacial score (nSPS) is 14.4. The topological polar surface area (TPSA) is 38.3 Å². The van der Waals surface area contributed by atoms with Gasteiger partial charge in [-0.1, -0.05) is 24.3 Å². The minimum Gasteiger partial charge on any atom is -0.466 e. The van der Waals surface area contributed by atoms with Crippen molar-refractivity contribution in [2.45, 2.75) is 45.1 Å². The van der Waals surface area contributed by atoms with E-state index in [0.717, 1.165) is 25.4 Å². The molecule has 19 heavy (non-hydrogen) atoms. The van der Waals surface area contributed by atoms with Gasteiger partial charge in [-0.3, -0.25) is 4.79 Å². The Morgan fingerprint density at radius 2 is 2.05 bits per heavy atom. The van der Waals surface area contributed by atoms with Crippen LogP contribution in [0.4, 0.5) is 0 Å². The Balaban J connectivity index is 1.58. The third-order valence-electron chi connectivity index (χ3n) is 3.40. The minimum absolute atomic E-state index is 0.0990. The van der Waals surface area contributed by atoms with Crippen LogP contribution in [0.25, 0.3) is 0 Å². The molecule has 1 aromatic carbocycles. The third kappa shape index (κ3) is 5.03. The zero-order valence-electron chi connectivity index (χ0n) is 11.7. The van der Waals surface area contributed by atoms with E-state index in [0.29, 0.717) is 13.0 Å². The molecule has 0 amide bonds. The van der Waals surface area contributed by atoms with Crippen molar-refractivity contribution in [2.75, 3.05) is 13.2 Å². The van der Waals surface area contributed by atoms with Gasteiger partial charge in [-0.2, -0.15) is 0 Å². The molecule has 0 bridgehead atoms. The molecule has 1 aliphatic carbocycles. The molecule has 0 heterocycles. The second-order valence-corrected chi connectivity index (χ2v) is 5.10. The summed E-state index contributed by atoms with van der Waals surface area (Å²) >= 11 is 0. The van der Waals surface area contributed by atoms with Gasteiger partial charge in [0.1, 0.15) is 0 Å². The maximum absolute atomic E-state index is 11.1. The number of rotatable bonds is 8. The van der Waals surface area contributed by atoms with E-state index < -0.39 is 0 Å². The summed E-state index contributed by atoms with van der Waals surface area (Å²) in [6.07, 6.45) is 4.04. The fourth-order valence-corrected chi connectivity index (χ4v) is 2.15. The van der Waals surface area contributed by atoms with Gasteiger partial charge in [-0.05, 0) is 49.8 Å². The van der Waals surface area contributed by atoms with Crippen LogP contribution in [-0.2, 0) is 16.1 Å². The Kier molecular flexibility index (Phi) is 5.40. The quantitative estimate of drug-likeness (QED) is 0.577.